The molecule has 1 atom stereocenters. The van der Waals surface area contributed by atoms with E-state index in [0.29, 0.717) is 13.2 Å². The Balaban J connectivity index is 2.12. The highest BCUT2D eigenvalue weighted by Gasteiger charge is 2.19. The van der Waals surface area contributed by atoms with Gasteiger partial charge in [-0.25, -0.2) is 4.39 Å². The lowest BCUT2D eigenvalue weighted by molar-refractivity contribution is -0.0180. The Morgan fingerprint density at radius 1 is 1.43 bits per heavy atom. The Hall–Kier alpha value is -0.150. The first-order valence-corrected chi connectivity index (χ1v) is 5.48. The van der Waals surface area contributed by atoms with E-state index in [0.717, 1.165) is 25.9 Å². The van der Waals surface area contributed by atoms with Crippen LogP contribution in [0.3, 0.4) is 0 Å². The van der Waals surface area contributed by atoms with Crippen molar-refractivity contribution in [3.8, 4) is 0 Å². The van der Waals surface area contributed by atoms with Crippen LogP contribution in [-0.4, -0.2) is 42.9 Å². The third-order valence-corrected chi connectivity index (χ3v) is 2.39. The summed E-state index contributed by atoms with van der Waals surface area (Å²) in [6, 6.07) is 0. The van der Waals surface area contributed by atoms with Crippen molar-refractivity contribution in [2.75, 3.05) is 26.2 Å². The van der Waals surface area contributed by atoms with Crippen LogP contribution in [0.2, 0.25) is 0 Å². The van der Waals surface area contributed by atoms with Gasteiger partial charge in [-0.3, -0.25) is 4.90 Å². The number of alkyl halides is 1. The SMILES string of the molecule is CC(C)(C)OCCN1CCC[C@H](F)C1. The fourth-order valence-corrected chi connectivity index (χ4v) is 1.68. The molecule has 0 unspecified atom stereocenters. The van der Waals surface area contributed by atoms with Crippen molar-refractivity contribution in [1.29, 1.82) is 0 Å². The third-order valence-electron chi connectivity index (χ3n) is 2.39. The number of rotatable bonds is 3. The number of piperidine rings is 1. The molecule has 0 N–H and O–H groups in total. The number of hydrogen-bond donors (Lipinski definition) is 0. The maximum atomic E-state index is 13.0. The second kappa shape index (κ2) is 5.08. The minimum Gasteiger partial charge on any atom is -0.375 e. The monoisotopic (exact) mass is 203 g/mol. The van der Waals surface area contributed by atoms with Crippen molar-refractivity contribution in [3.05, 3.63) is 0 Å². The van der Waals surface area contributed by atoms with E-state index in [2.05, 4.69) is 4.90 Å². The summed E-state index contributed by atoms with van der Waals surface area (Å²) in [6.45, 7) is 9.30. The van der Waals surface area contributed by atoms with E-state index in [-0.39, 0.29) is 5.60 Å². The molecule has 1 fully saturated rings. The molecular weight excluding hydrogens is 181 g/mol. The molecular formula is C11H22FNO. The number of hydrogen-bond acceptors (Lipinski definition) is 2. The zero-order chi connectivity index (χ0) is 10.6. The van der Waals surface area contributed by atoms with Crippen LogP contribution in [0.1, 0.15) is 33.6 Å². The summed E-state index contributed by atoms with van der Waals surface area (Å²) < 4.78 is 18.6. The van der Waals surface area contributed by atoms with E-state index >= 15 is 0 Å². The van der Waals surface area contributed by atoms with E-state index in [4.69, 9.17) is 4.74 Å². The summed E-state index contributed by atoms with van der Waals surface area (Å²) in [7, 11) is 0. The molecule has 1 aliphatic heterocycles. The maximum absolute atomic E-state index is 13.0. The zero-order valence-corrected chi connectivity index (χ0v) is 9.55. The van der Waals surface area contributed by atoms with E-state index in [1.807, 2.05) is 20.8 Å². The highest BCUT2D eigenvalue weighted by Crippen LogP contribution is 2.13. The van der Waals surface area contributed by atoms with E-state index in [1.54, 1.807) is 0 Å². The van der Waals surface area contributed by atoms with Gasteiger partial charge in [0.05, 0.1) is 12.2 Å². The topological polar surface area (TPSA) is 12.5 Å². The summed E-state index contributed by atoms with van der Waals surface area (Å²) in [6.07, 6.45) is 1.09. The lowest BCUT2D eigenvalue weighted by Crippen LogP contribution is -2.39. The largest absolute Gasteiger partial charge is 0.375 e. The standard InChI is InChI=1S/C11H22FNO/c1-11(2,3)14-8-7-13-6-4-5-10(12)9-13/h10H,4-9H2,1-3H3/t10-/m0/s1. The fourth-order valence-electron chi connectivity index (χ4n) is 1.68. The van der Waals surface area contributed by atoms with Crippen molar-refractivity contribution in [2.45, 2.75) is 45.4 Å². The molecule has 14 heavy (non-hydrogen) atoms. The van der Waals surface area contributed by atoms with Crippen LogP contribution in [-0.2, 0) is 4.74 Å². The average molecular weight is 203 g/mol. The van der Waals surface area contributed by atoms with Gasteiger partial charge in [0.2, 0.25) is 0 Å². The first-order chi connectivity index (χ1) is 6.47. The molecule has 1 rings (SSSR count). The highest BCUT2D eigenvalue weighted by molar-refractivity contribution is 4.72. The molecule has 1 heterocycles. The number of likely N-dealkylation sites (tertiary alicyclic amines) is 1. The third kappa shape index (κ3) is 4.91. The Labute approximate surface area is 86.4 Å². The number of halogens is 1. The highest BCUT2D eigenvalue weighted by atomic mass is 19.1. The van der Waals surface area contributed by atoms with Crippen LogP contribution in [0.15, 0.2) is 0 Å². The molecule has 0 aliphatic carbocycles. The molecule has 3 heteroatoms. The molecule has 0 aromatic carbocycles. The Kier molecular flexibility index (Phi) is 4.32. The van der Waals surface area contributed by atoms with Crippen molar-refractivity contribution in [1.82, 2.24) is 4.90 Å². The van der Waals surface area contributed by atoms with E-state index in [1.165, 1.54) is 0 Å². The molecule has 0 amide bonds. The van der Waals surface area contributed by atoms with Crippen LogP contribution >= 0.6 is 0 Å². The molecule has 0 radical (unpaired) electrons. The number of nitrogens with zero attached hydrogens (tertiary/aromatic N) is 1. The smallest absolute Gasteiger partial charge is 0.113 e. The first kappa shape index (κ1) is 11.9. The van der Waals surface area contributed by atoms with Gasteiger partial charge in [-0.2, -0.15) is 0 Å². The van der Waals surface area contributed by atoms with Crippen LogP contribution in [0, 0.1) is 0 Å². The van der Waals surface area contributed by atoms with Crippen molar-refractivity contribution >= 4 is 0 Å². The van der Waals surface area contributed by atoms with Crippen LogP contribution in [0.5, 0.6) is 0 Å². The summed E-state index contributed by atoms with van der Waals surface area (Å²) in [5.41, 5.74) is -0.0785. The first-order valence-electron chi connectivity index (χ1n) is 5.48. The minimum atomic E-state index is -0.626. The second-order valence-electron chi connectivity index (χ2n) is 5.00. The van der Waals surface area contributed by atoms with Crippen molar-refractivity contribution < 1.29 is 9.13 Å². The van der Waals surface area contributed by atoms with E-state index < -0.39 is 6.17 Å². The summed E-state index contributed by atoms with van der Waals surface area (Å²) in [4.78, 5) is 2.15. The Morgan fingerprint density at radius 2 is 2.14 bits per heavy atom. The Bertz CT molecular complexity index is 167. The molecule has 1 saturated heterocycles. The van der Waals surface area contributed by atoms with Gasteiger partial charge in [-0.1, -0.05) is 0 Å². The molecule has 0 spiro atoms. The molecule has 84 valence electrons. The summed E-state index contributed by atoms with van der Waals surface area (Å²) in [5.74, 6) is 0. The number of ether oxygens (including phenoxy) is 1. The van der Waals surface area contributed by atoms with Crippen LogP contribution < -0.4 is 0 Å². The van der Waals surface area contributed by atoms with Gasteiger partial charge in [-0.15, -0.1) is 0 Å². The molecule has 2 nitrogen and oxygen atoms in total. The van der Waals surface area contributed by atoms with Gasteiger partial charge in [0.25, 0.3) is 0 Å². The zero-order valence-electron chi connectivity index (χ0n) is 9.55. The van der Waals surface area contributed by atoms with Gasteiger partial charge < -0.3 is 4.74 Å². The summed E-state index contributed by atoms with van der Waals surface area (Å²) >= 11 is 0. The van der Waals surface area contributed by atoms with Gasteiger partial charge in [-0.05, 0) is 40.2 Å². The van der Waals surface area contributed by atoms with Gasteiger partial charge in [0.1, 0.15) is 6.17 Å². The van der Waals surface area contributed by atoms with Crippen LogP contribution in [0.4, 0.5) is 4.39 Å². The predicted molar refractivity (Wildman–Crippen MR) is 56.3 cm³/mol. The molecule has 1 aliphatic rings. The van der Waals surface area contributed by atoms with Crippen LogP contribution in [0.25, 0.3) is 0 Å². The quantitative estimate of drug-likeness (QED) is 0.697. The molecule has 0 aromatic rings. The molecule has 0 bridgehead atoms. The normalized spacial score (nSPS) is 25.3. The lowest BCUT2D eigenvalue weighted by atomic mass is 10.1. The van der Waals surface area contributed by atoms with Gasteiger partial charge in [0, 0.05) is 13.1 Å². The lowest BCUT2D eigenvalue weighted by Gasteiger charge is -2.30. The molecule has 0 saturated carbocycles. The van der Waals surface area contributed by atoms with Crippen molar-refractivity contribution in [3.63, 3.8) is 0 Å². The minimum absolute atomic E-state index is 0.0785. The van der Waals surface area contributed by atoms with E-state index in [9.17, 15) is 4.39 Å². The Morgan fingerprint density at radius 3 is 2.71 bits per heavy atom. The predicted octanol–water partition coefficient (Wildman–Crippen LogP) is 2.24. The average Bonchev–Trinajstić information content (AvgIpc) is 2.01. The summed E-state index contributed by atoms with van der Waals surface area (Å²) in [5, 5.41) is 0. The van der Waals surface area contributed by atoms with Gasteiger partial charge in [0.15, 0.2) is 0 Å². The molecule has 0 aromatic heterocycles. The van der Waals surface area contributed by atoms with Crippen molar-refractivity contribution in [2.24, 2.45) is 0 Å². The maximum Gasteiger partial charge on any atom is 0.113 e. The van der Waals surface area contributed by atoms with Gasteiger partial charge >= 0.3 is 0 Å². The fraction of sp³-hybridized carbons (Fsp3) is 1.00. The second-order valence-corrected chi connectivity index (χ2v) is 5.00.